The first kappa shape index (κ1) is 14.3. The first-order valence-corrected chi connectivity index (χ1v) is 7.82. The van der Waals surface area contributed by atoms with Gasteiger partial charge in [-0.25, -0.2) is 9.51 Å². The Morgan fingerprint density at radius 1 is 0.875 bits per heavy atom. The summed E-state index contributed by atoms with van der Waals surface area (Å²) in [6.45, 7) is 1.95. The number of fused-ring (bicyclic) bond motifs is 1. The van der Waals surface area contributed by atoms with Crippen LogP contribution in [0.5, 0.6) is 0 Å². The Labute approximate surface area is 140 Å². The van der Waals surface area contributed by atoms with Crippen molar-refractivity contribution in [3.8, 4) is 0 Å². The van der Waals surface area contributed by atoms with E-state index in [9.17, 15) is 0 Å². The fourth-order valence-corrected chi connectivity index (χ4v) is 2.68. The summed E-state index contributed by atoms with van der Waals surface area (Å²) in [7, 11) is 0. The molecule has 0 amide bonds. The quantitative estimate of drug-likeness (QED) is 0.532. The molecule has 0 radical (unpaired) electrons. The van der Waals surface area contributed by atoms with E-state index in [0.29, 0.717) is 0 Å². The summed E-state index contributed by atoms with van der Waals surface area (Å²) in [5, 5.41) is 8.17. The summed E-state index contributed by atoms with van der Waals surface area (Å²) in [5.74, 6) is 0. The van der Waals surface area contributed by atoms with Crippen LogP contribution in [0.1, 0.15) is 16.8 Å². The first-order valence-electron chi connectivity index (χ1n) is 7.82. The van der Waals surface area contributed by atoms with Crippen molar-refractivity contribution in [2.75, 3.05) is 0 Å². The van der Waals surface area contributed by atoms with E-state index < -0.39 is 0 Å². The molecule has 0 bridgehead atoms. The Hall–Kier alpha value is -3.27. The van der Waals surface area contributed by atoms with Crippen LogP contribution in [-0.2, 0) is 0 Å². The van der Waals surface area contributed by atoms with Crippen LogP contribution in [-0.4, -0.2) is 20.5 Å². The van der Waals surface area contributed by atoms with Gasteiger partial charge in [0.05, 0.1) is 22.6 Å². The Bertz CT molecular complexity index is 960. The molecule has 24 heavy (non-hydrogen) atoms. The maximum Gasteiger partial charge on any atom is 0.0915 e. The average Bonchev–Trinajstić information content (AvgIpc) is 3.02. The van der Waals surface area contributed by atoms with E-state index >= 15 is 0 Å². The monoisotopic (exact) mass is 312 g/mol. The van der Waals surface area contributed by atoms with Gasteiger partial charge >= 0.3 is 0 Å². The van der Waals surface area contributed by atoms with E-state index in [0.717, 1.165) is 33.7 Å². The first-order chi connectivity index (χ1) is 11.8. The molecule has 2 aromatic heterocycles. The van der Waals surface area contributed by atoms with Crippen LogP contribution >= 0.6 is 0 Å². The van der Waals surface area contributed by atoms with Gasteiger partial charge in [0.25, 0.3) is 0 Å². The molecular weight excluding hydrogens is 296 g/mol. The summed E-state index contributed by atoms with van der Waals surface area (Å²) in [4.78, 5) is 4.92. The molecule has 2 aromatic carbocycles. The molecule has 0 atom stereocenters. The number of aryl methyl sites for hydroxylation is 1. The lowest BCUT2D eigenvalue weighted by Crippen LogP contribution is -2.02. The minimum atomic E-state index is 0.885. The molecule has 0 spiro atoms. The molecule has 0 aliphatic heterocycles. The lowest BCUT2D eigenvalue weighted by atomic mass is 10.0. The molecule has 0 unspecified atom stereocenters. The topological polar surface area (TPSA) is 42.5 Å². The van der Waals surface area contributed by atoms with Crippen molar-refractivity contribution < 1.29 is 0 Å². The van der Waals surface area contributed by atoms with E-state index in [1.807, 2.05) is 61.7 Å². The second-order valence-corrected chi connectivity index (χ2v) is 5.58. The Kier molecular flexibility index (Phi) is 3.63. The van der Waals surface area contributed by atoms with E-state index in [4.69, 9.17) is 4.99 Å². The summed E-state index contributed by atoms with van der Waals surface area (Å²) >= 11 is 0. The summed E-state index contributed by atoms with van der Waals surface area (Å²) < 4.78 is 1.76. The number of aliphatic imine (C=N–C) groups is 1. The number of pyridine rings is 1. The van der Waals surface area contributed by atoms with Gasteiger partial charge in [-0.05, 0) is 19.1 Å². The number of rotatable bonds is 3. The molecule has 4 heteroatoms. The summed E-state index contributed by atoms with van der Waals surface area (Å²) in [5.41, 5.74) is 5.88. The van der Waals surface area contributed by atoms with E-state index in [1.165, 1.54) is 0 Å². The van der Waals surface area contributed by atoms with Crippen LogP contribution in [0.15, 0.2) is 84.0 Å². The largest absolute Gasteiger partial charge is 0.248 e. The predicted molar refractivity (Wildman–Crippen MR) is 95.9 cm³/mol. The van der Waals surface area contributed by atoms with Gasteiger partial charge in [0, 0.05) is 17.3 Å². The van der Waals surface area contributed by atoms with Crippen LogP contribution in [0.2, 0.25) is 0 Å². The highest BCUT2D eigenvalue weighted by Crippen LogP contribution is 2.20. The smallest absolute Gasteiger partial charge is 0.0915 e. The Balaban J connectivity index is 1.88. The lowest BCUT2D eigenvalue weighted by Gasteiger charge is -2.08. The van der Waals surface area contributed by atoms with E-state index in [2.05, 4.69) is 34.6 Å². The molecule has 4 rings (SSSR count). The zero-order chi connectivity index (χ0) is 16.4. The maximum atomic E-state index is 4.92. The Morgan fingerprint density at radius 2 is 1.50 bits per heavy atom. The third kappa shape index (κ3) is 2.70. The highest BCUT2D eigenvalue weighted by Gasteiger charge is 2.08. The second kappa shape index (κ2) is 6.08. The summed E-state index contributed by atoms with van der Waals surface area (Å²) in [6.07, 6.45) is 1.89. The normalized spacial score (nSPS) is 10.7. The molecule has 0 aliphatic carbocycles. The zero-order valence-electron chi connectivity index (χ0n) is 13.3. The van der Waals surface area contributed by atoms with Gasteiger partial charge in [0.1, 0.15) is 0 Å². The third-order valence-corrected chi connectivity index (χ3v) is 3.92. The molecule has 4 aromatic rings. The molecule has 0 N–H and O–H groups in total. The predicted octanol–water partition coefficient (Wildman–Crippen LogP) is 4.21. The molecule has 0 aliphatic rings. The van der Waals surface area contributed by atoms with Crippen molar-refractivity contribution in [1.82, 2.24) is 14.8 Å². The summed E-state index contributed by atoms with van der Waals surface area (Å²) in [6, 6.07) is 24.4. The maximum absolute atomic E-state index is 4.92. The molecule has 4 nitrogen and oxygen atoms in total. The van der Waals surface area contributed by atoms with Gasteiger partial charge in [0.2, 0.25) is 0 Å². The molecule has 0 fully saturated rings. The van der Waals surface area contributed by atoms with Gasteiger partial charge in [-0.2, -0.15) is 0 Å². The molecule has 116 valence electrons. The third-order valence-electron chi connectivity index (χ3n) is 3.92. The standard InChI is InChI=1S/C20H16N4/c1-15-19-14-18(12-13-24(19)23-22-15)21-20(16-8-4-2-5-9-16)17-10-6-3-7-11-17/h2-14H,1H3. The van der Waals surface area contributed by atoms with Crippen molar-refractivity contribution in [2.45, 2.75) is 6.92 Å². The number of hydrogen-bond donors (Lipinski definition) is 0. The van der Waals surface area contributed by atoms with Crippen LogP contribution in [0, 0.1) is 6.92 Å². The van der Waals surface area contributed by atoms with Gasteiger partial charge in [-0.15, -0.1) is 5.10 Å². The van der Waals surface area contributed by atoms with E-state index in [-0.39, 0.29) is 0 Å². The van der Waals surface area contributed by atoms with E-state index in [1.54, 1.807) is 4.52 Å². The van der Waals surface area contributed by atoms with Crippen LogP contribution in [0.3, 0.4) is 0 Å². The van der Waals surface area contributed by atoms with Crippen molar-refractivity contribution in [3.05, 3.63) is 95.8 Å². The SMILES string of the molecule is Cc1nnn2ccc(N=C(c3ccccc3)c3ccccc3)cc12. The molecular formula is C20H16N4. The Morgan fingerprint density at radius 3 is 2.12 bits per heavy atom. The molecule has 0 saturated carbocycles. The second-order valence-electron chi connectivity index (χ2n) is 5.58. The fraction of sp³-hybridized carbons (Fsp3) is 0.0500. The number of hydrogen-bond acceptors (Lipinski definition) is 3. The van der Waals surface area contributed by atoms with Gasteiger partial charge < -0.3 is 0 Å². The highest BCUT2D eigenvalue weighted by atomic mass is 15.4. The fourth-order valence-electron chi connectivity index (χ4n) is 2.68. The van der Waals surface area contributed by atoms with Crippen LogP contribution in [0.4, 0.5) is 5.69 Å². The van der Waals surface area contributed by atoms with Crippen molar-refractivity contribution in [3.63, 3.8) is 0 Å². The van der Waals surface area contributed by atoms with Gasteiger partial charge in [0.15, 0.2) is 0 Å². The minimum absolute atomic E-state index is 0.885. The number of benzene rings is 2. The van der Waals surface area contributed by atoms with Crippen molar-refractivity contribution in [1.29, 1.82) is 0 Å². The van der Waals surface area contributed by atoms with Crippen molar-refractivity contribution >= 4 is 16.9 Å². The average molecular weight is 312 g/mol. The van der Waals surface area contributed by atoms with Crippen LogP contribution in [0.25, 0.3) is 5.52 Å². The number of aromatic nitrogens is 3. The van der Waals surface area contributed by atoms with Crippen LogP contribution < -0.4 is 0 Å². The molecule has 2 heterocycles. The lowest BCUT2D eigenvalue weighted by molar-refractivity contribution is 0.849. The zero-order valence-corrected chi connectivity index (χ0v) is 13.3. The number of nitrogens with zero attached hydrogens (tertiary/aromatic N) is 4. The van der Waals surface area contributed by atoms with Gasteiger partial charge in [-0.1, -0.05) is 65.9 Å². The minimum Gasteiger partial charge on any atom is -0.248 e. The van der Waals surface area contributed by atoms with Crippen molar-refractivity contribution in [2.24, 2.45) is 4.99 Å². The van der Waals surface area contributed by atoms with Gasteiger partial charge in [-0.3, -0.25) is 0 Å². The molecule has 0 saturated heterocycles. The highest BCUT2D eigenvalue weighted by molar-refractivity contribution is 6.13.